The van der Waals surface area contributed by atoms with E-state index < -0.39 is 0 Å². The summed E-state index contributed by atoms with van der Waals surface area (Å²) < 4.78 is 1.61. The van der Waals surface area contributed by atoms with Crippen molar-refractivity contribution in [2.45, 2.75) is 39.4 Å². The van der Waals surface area contributed by atoms with Crippen molar-refractivity contribution in [3.8, 4) is 0 Å². The molecule has 1 amide bonds. The van der Waals surface area contributed by atoms with E-state index in [0.29, 0.717) is 19.6 Å². The quantitative estimate of drug-likeness (QED) is 0.931. The maximum Gasteiger partial charge on any atom is 0.263 e. The third-order valence-corrected chi connectivity index (χ3v) is 4.53. The zero-order valence-corrected chi connectivity index (χ0v) is 15.0. The van der Waals surface area contributed by atoms with Crippen LogP contribution in [0.4, 0.5) is 0 Å². The third kappa shape index (κ3) is 3.99. The molecule has 1 aromatic carbocycles. The summed E-state index contributed by atoms with van der Waals surface area (Å²) in [6.45, 7) is 7.84. The van der Waals surface area contributed by atoms with Gasteiger partial charge >= 0.3 is 0 Å². The van der Waals surface area contributed by atoms with Gasteiger partial charge in [0.1, 0.15) is 5.56 Å². The highest BCUT2D eigenvalue weighted by Crippen LogP contribution is 2.09. The predicted molar refractivity (Wildman–Crippen MR) is 98.9 cm³/mol. The Bertz CT molecular complexity index is 818. The Morgan fingerprint density at radius 1 is 1.16 bits per heavy atom. The van der Waals surface area contributed by atoms with Gasteiger partial charge < -0.3 is 14.8 Å². The fourth-order valence-electron chi connectivity index (χ4n) is 3.49. The van der Waals surface area contributed by atoms with Crippen LogP contribution < -0.4 is 10.9 Å². The van der Waals surface area contributed by atoms with Gasteiger partial charge in [0.2, 0.25) is 0 Å². The first-order chi connectivity index (χ1) is 11.9. The second-order valence-electron chi connectivity index (χ2n) is 7.02. The summed E-state index contributed by atoms with van der Waals surface area (Å²) in [5.74, 6) is -0.177. The van der Waals surface area contributed by atoms with Crippen molar-refractivity contribution in [1.82, 2.24) is 14.8 Å². The van der Waals surface area contributed by atoms with E-state index in [4.69, 9.17) is 0 Å². The summed E-state index contributed by atoms with van der Waals surface area (Å²) in [5, 5.41) is 3.40. The van der Waals surface area contributed by atoms with E-state index in [2.05, 4.69) is 25.2 Å². The first kappa shape index (κ1) is 17.4. The molecule has 1 saturated heterocycles. The van der Waals surface area contributed by atoms with Crippen molar-refractivity contribution < 1.29 is 4.79 Å². The summed E-state index contributed by atoms with van der Waals surface area (Å²) in [6, 6.07) is 11.9. The number of hydrogen-bond donors (Lipinski definition) is 1. The Morgan fingerprint density at radius 2 is 1.88 bits per heavy atom. The summed E-state index contributed by atoms with van der Waals surface area (Å²) in [5.41, 5.74) is 2.22. The molecule has 1 aliphatic rings. The van der Waals surface area contributed by atoms with E-state index in [9.17, 15) is 9.59 Å². The lowest BCUT2D eigenvalue weighted by Gasteiger charge is -2.36. The minimum atomic E-state index is -0.229. The van der Waals surface area contributed by atoms with Crippen LogP contribution in [0.3, 0.4) is 0 Å². The number of carbonyl (C=O) groups is 1. The molecule has 2 aromatic rings. The van der Waals surface area contributed by atoms with Gasteiger partial charge in [0, 0.05) is 31.4 Å². The third-order valence-electron chi connectivity index (χ3n) is 4.53. The van der Waals surface area contributed by atoms with E-state index >= 15 is 0 Å². The van der Waals surface area contributed by atoms with Crippen LogP contribution in [0.15, 0.2) is 47.4 Å². The highest BCUT2D eigenvalue weighted by atomic mass is 16.2. The number of piperazine rings is 1. The first-order valence-corrected chi connectivity index (χ1v) is 8.74. The molecule has 0 saturated carbocycles. The largest absolute Gasteiger partial charge is 0.335 e. The number of nitrogens with one attached hydrogen (secondary N) is 1. The number of pyridine rings is 1. The Hall–Kier alpha value is -2.40. The van der Waals surface area contributed by atoms with Crippen molar-refractivity contribution >= 4 is 5.91 Å². The molecule has 1 fully saturated rings. The van der Waals surface area contributed by atoms with Crippen LogP contribution in [0.1, 0.15) is 35.3 Å². The summed E-state index contributed by atoms with van der Waals surface area (Å²) in [6.07, 6.45) is 1.74. The molecule has 0 aliphatic carbocycles. The van der Waals surface area contributed by atoms with Gasteiger partial charge in [-0.3, -0.25) is 9.59 Å². The molecule has 5 nitrogen and oxygen atoms in total. The van der Waals surface area contributed by atoms with Crippen molar-refractivity contribution in [3.63, 3.8) is 0 Å². The van der Waals surface area contributed by atoms with Gasteiger partial charge in [0.15, 0.2) is 0 Å². The number of carbonyl (C=O) groups excluding carboxylic acids is 1. The molecule has 1 aromatic heterocycles. The fourth-order valence-corrected chi connectivity index (χ4v) is 3.49. The molecule has 1 aliphatic heterocycles. The van der Waals surface area contributed by atoms with Crippen LogP contribution in [0.2, 0.25) is 0 Å². The lowest BCUT2D eigenvalue weighted by atomic mass is 10.1. The van der Waals surface area contributed by atoms with Gasteiger partial charge in [0.05, 0.1) is 6.54 Å². The number of amides is 1. The Labute approximate surface area is 148 Å². The van der Waals surface area contributed by atoms with Crippen molar-refractivity contribution in [2.75, 3.05) is 13.1 Å². The number of rotatable bonds is 3. The highest BCUT2D eigenvalue weighted by molar-refractivity contribution is 5.94. The Balaban J connectivity index is 1.85. The van der Waals surface area contributed by atoms with Gasteiger partial charge in [-0.25, -0.2) is 0 Å². The Morgan fingerprint density at radius 3 is 2.56 bits per heavy atom. The van der Waals surface area contributed by atoms with Crippen LogP contribution in [-0.4, -0.2) is 40.5 Å². The minimum absolute atomic E-state index is 0.177. The average Bonchev–Trinajstić information content (AvgIpc) is 2.55. The molecular formula is C20H25N3O2. The molecule has 5 heteroatoms. The maximum atomic E-state index is 12.9. The molecule has 2 heterocycles. The molecule has 0 unspecified atom stereocenters. The highest BCUT2D eigenvalue weighted by Gasteiger charge is 2.27. The normalized spacial score (nSPS) is 20.5. The molecule has 0 radical (unpaired) electrons. The molecule has 1 N–H and O–H groups in total. The standard InChI is InChI=1S/C20H25N3O2/c1-14-6-4-7-17(10-14)13-22-9-5-8-18(19(22)24)20(25)23-11-15(2)21-16(3)12-23/h4-10,15-16,21H,11-13H2,1-3H3/t15-,16-/m0/s1. The van der Waals surface area contributed by atoms with Gasteiger partial charge in [-0.15, -0.1) is 0 Å². The van der Waals surface area contributed by atoms with Crippen LogP contribution in [0, 0.1) is 6.92 Å². The van der Waals surface area contributed by atoms with E-state index in [0.717, 1.165) is 11.1 Å². The van der Waals surface area contributed by atoms with Crippen molar-refractivity contribution in [3.05, 3.63) is 69.6 Å². The second-order valence-corrected chi connectivity index (χ2v) is 7.02. The number of aromatic nitrogens is 1. The van der Waals surface area contributed by atoms with Gasteiger partial charge in [0.25, 0.3) is 11.5 Å². The zero-order valence-electron chi connectivity index (χ0n) is 15.0. The molecule has 0 bridgehead atoms. The molecular weight excluding hydrogens is 314 g/mol. The SMILES string of the molecule is Cc1cccc(Cn2cccc(C(=O)N3C[C@H](C)N[C@@H](C)C3)c2=O)c1. The summed E-state index contributed by atoms with van der Waals surface area (Å²) in [4.78, 5) is 27.4. The Kier molecular flexibility index (Phi) is 5.04. The minimum Gasteiger partial charge on any atom is -0.335 e. The van der Waals surface area contributed by atoms with Crippen LogP contribution in [-0.2, 0) is 6.54 Å². The van der Waals surface area contributed by atoms with Gasteiger partial charge in [-0.05, 0) is 38.5 Å². The van der Waals surface area contributed by atoms with E-state index in [1.165, 1.54) is 0 Å². The first-order valence-electron chi connectivity index (χ1n) is 8.74. The molecule has 0 spiro atoms. The van der Waals surface area contributed by atoms with E-state index in [-0.39, 0.29) is 29.1 Å². The molecule has 3 rings (SSSR count). The number of nitrogens with zero attached hydrogens (tertiary/aromatic N) is 2. The molecule has 2 atom stereocenters. The summed E-state index contributed by atoms with van der Waals surface area (Å²) in [7, 11) is 0. The van der Waals surface area contributed by atoms with Crippen LogP contribution in [0.25, 0.3) is 0 Å². The lowest BCUT2D eigenvalue weighted by Crippen LogP contribution is -2.56. The number of benzene rings is 1. The van der Waals surface area contributed by atoms with Gasteiger partial charge in [-0.2, -0.15) is 0 Å². The van der Waals surface area contributed by atoms with Crippen LogP contribution >= 0.6 is 0 Å². The number of aryl methyl sites for hydroxylation is 1. The monoisotopic (exact) mass is 339 g/mol. The summed E-state index contributed by atoms with van der Waals surface area (Å²) >= 11 is 0. The van der Waals surface area contributed by atoms with Gasteiger partial charge in [-0.1, -0.05) is 29.8 Å². The molecule has 25 heavy (non-hydrogen) atoms. The molecule has 132 valence electrons. The average molecular weight is 339 g/mol. The van der Waals surface area contributed by atoms with Crippen LogP contribution in [0.5, 0.6) is 0 Å². The predicted octanol–water partition coefficient (Wildman–Crippen LogP) is 2.03. The van der Waals surface area contributed by atoms with Crippen molar-refractivity contribution in [1.29, 1.82) is 0 Å². The number of hydrogen-bond acceptors (Lipinski definition) is 3. The second kappa shape index (κ2) is 7.23. The van der Waals surface area contributed by atoms with Crippen molar-refractivity contribution in [2.24, 2.45) is 0 Å². The fraction of sp³-hybridized carbons (Fsp3) is 0.400. The smallest absolute Gasteiger partial charge is 0.263 e. The van der Waals surface area contributed by atoms with E-state index in [1.807, 2.05) is 25.1 Å². The topological polar surface area (TPSA) is 54.3 Å². The lowest BCUT2D eigenvalue weighted by molar-refractivity contribution is 0.0671. The zero-order chi connectivity index (χ0) is 18.0. The maximum absolute atomic E-state index is 12.9. The van der Waals surface area contributed by atoms with E-state index in [1.54, 1.807) is 27.8 Å².